The Kier molecular flexibility index (Phi) is 5.72. The van der Waals surface area contributed by atoms with E-state index in [0.717, 1.165) is 0 Å². The molecular formula is C14H17BrF3NO3. The number of benzene rings is 1. The minimum atomic E-state index is -4.81. The standard InChI is InChI=1S/C14H17BrF3NO3/c1-13(2,3)22-12(20)19(4)8-9-5-6-10(15)7-11(9)21-14(16,17)18/h5-7H,8H2,1-4H3. The first kappa shape index (κ1) is 18.6. The molecule has 124 valence electrons. The summed E-state index contributed by atoms with van der Waals surface area (Å²) in [5.74, 6) is -0.364. The lowest BCUT2D eigenvalue weighted by Gasteiger charge is -2.25. The number of carbonyl (C=O) groups is 1. The summed E-state index contributed by atoms with van der Waals surface area (Å²) in [6.45, 7) is 5.04. The molecule has 0 aliphatic carbocycles. The smallest absolute Gasteiger partial charge is 0.444 e. The molecule has 1 aromatic carbocycles. The van der Waals surface area contributed by atoms with Crippen molar-refractivity contribution in [1.29, 1.82) is 0 Å². The molecule has 0 saturated carbocycles. The van der Waals surface area contributed by atoms with Gasteiger partial charge < -0.3 is 14.4 Å². The van der Waals surface area contributed by atoms with E-state index in [2.05, 4.69) is 20.7 Å². The molecule has 0 aliphatic heterocycles. The van der Waals surface area contributed by atoms with Crippen LogP contribution < -0.4 is 4.74 Å². The first-order chi connectivity index (χ1) is 9.87. The number of hydrogen-bond acceptors (Lipinski definition) is 3. The van der Waals surface area contributed by atoms with Gasteiger partial charge in [-0.1, -0.05) is 22.0 Å². The summed E-state index contributed by atoms with van der Waals surface area (Å²) in [5, 5.41) is 0. The second-order valence-electron chi connectivity index (χ2n) is 5.64. The Morgan fingerprint density at radius 2 is 1.86 bits per heavy atom. The molecular weight excluding hydrogens is 367 g/mol. The minimum Gasteiger partial charge on any atom is -0.444 e. The lowest BCUT2D eigenvalue weighted by Crippen LogP contribution is -2.34. The third-order valence-electron chi connectivity index (χ3n) is 2.37. The van der Waals surface area contributed by atoms with Gasteiger partial charge in [-0.2, -0.15) is 0 Å². The molecule has 0 radical (unpaired) electrons. The number of hydrogen-bond donors (Lipinski definition) is 0. The lowest BCUT2D eigenvalue weighted by molar-refractivity contribution is -0.275. The van der Waals surface area contributed by atoms with Crippen LogP contribution >= 0.6 is 15.9 Å². The first-order valence-electron chi connectivity index (χ1n) is 6.36. The largest absolute Gasteiger partial charge is 0.573 e. The van der Waals surface area contributed by atoms with Gasteiger partial charge in [0.2, 0.25) is 0 Å². The van der Waals surface area contributed by atoms with Crippen LogP contribution in [0.4, 0.5) is 18.0 Å². The summed E-state index contributed by atoms with van der Waals surface area (Å²) >= 11 is 3.09. The number of rotatable bonds is 3. The van der Waals surface area contributed by atoms with Gasteiger partial charge >= 0.3 is 12.5 Å². The molecule has 4 nitrogen and oxygen atoms in total. The molecule has 0 fully saturated rings. The third-order valence-corrected chi connectivity index (χ3v) is 2.86. The average molecular weight is 384 g/mol. The number of amides is 1. The van der Waals surface area contributed by atoms with Crippen LogP contribution in [-0.4, -0.2) is 30.0 Å². The van der Waals surface area contributed by atoms with Crippen molar-refractivity contribution in [2.45, 2.75) is 39.3 Å². The second kappa shape index (κ2) is 6.76. The average Bonchev–Trinajstić information content (AvgIpc) is 2.28. The van der Waals surface area contributed by atoms with E-state index in [4.69, 9.17) is 4.74 Å². The highest BCUT2D eigenvalue weighted by atomic mass is 79.9. The summed E-state index contributed by atoms with van der Waals surface area (Å²) < 4.78 is 46.9. The number of carbonyl (C=O) groups excluding carboxylic acids is 1. The molecule has 0 spiro atoms. The molecule has 1 rings (SSSR count). The van der Waals surface area contributed by atoms with Crippen molar-refractivity contribution in [3.63, 3.8) is 0 Å². The molecule has 1 amide bonds. The van der Waals surface area contributed by atoms with Crippen molar-refractivity contribution in [3.8, 4) is 5.75 Å². The molecule has 22 heavy (non-hydrogen) atoms. The number of halogens is 4. The topological polar surface area (TPSA) is 38.8 Å². The number of nitrogens with zero attached hydrogens (tertiary/aromatic N) is 1. The Morgan fingerprint density at radius 3 is 2.36 bits per heavy atom. The van der Waals surface area contributed by atoms with Crippen LogP contribution in [-0.2, 0) is 11.3 Å². The highest BCUT2D eigenvalue weighted by Crippen LogP contribution is 2.30. The van der Waals surface area contributed by atoms with Gasteiger partial charge in [-0.25, -0.2) is 4.79 Å². The fourth-order valence-corrected chi connectivity index (χ4v) is 1.88. The van der Waals surface area contributed by atoms with E-state index in [9.17, 15) is 18.0 Å². The molecule has 0 aliphatic rings. The van der Waals surface area contributed by atoms with Crippen LogP contribution in [0, 0.1) is 0 Å². The SMILES string of the molecule is CN(Cc1ccc(Br)cc1OC(F)(F)F)C(=O)OC(C)(C)C. The highest BCUT2D eigenvalue weighted by molar-refractivity contribution is 9.10. The second-order valence-corrected chi connectivity index (χ2v) is 6.55. The van der Waals surface area contributed by atoms with E-state index < -0.39 is 18.1 Å². The maximum Gasteiger partial charge on any atom is 0.573 e. The molecule has 0 bridgehead atoms. The molecule has 8 heteroatoms. The molecule has 0 N–H and O–H groups in total. The van der Waals surface area contributed by atoms with Gasteiger partial charge in [-0.05, 0) is 32.9 Å². The summed E-state index contributed by atoms with van der Waals surface area (Å²) in [6.07, 6.45) is -5.44. The Bertz CT molecular complexity index is 541. The monoisotopic (exact) mass is 383 g/mol. The molecule has 0 atom stereocenters. The Hall–Kier alpha value is -1.44. The van der Waals surface area contributed by atoms with Crippen LogP contribution in [0.1, 0.15) is 26.3 Å². The van der Waals surface area contributed by atoms with Crippen LogP contribution in [0.3, 0.4) is 0 Å². The van der Waals surface area contributed by atoms with E-state index in [1.54, 1.807) is 26.8 Å². The highest BCUT2D eigenvalue weighted by Gasteiger charge is 2.32. The first-order valence-corrected chi connectivity index (χ1v) is 7.15. The number of ether oxygens (including phenoxy) is 2. The van der Waals surface area contributed by atoms with Gasteiger partial charge in [-0.3, -0.25) is 0 Å². The Labute approximate surface area is 135 Å². The van der Waals surface area contributed by atoms with Gasteiger partial charge in [0.1, 0.15) is 11.4 Å². The van der Waals surface area contributed by atoms with E-state index in [1.807, 2.05) is 0 Å². The van der Waals surface area contributed by atoms with Crippen molar-refractivity contribution < 1.29 is 27.4 Å². The zero-order chi connectivity index (χ0) is 17.1. The van der Waals surface area contributed by atoms with Crippen LogP contribution in [0.2, 0.25) is 0 Å². The Morgan fingerprint density at radius 1 is 1.27 bits per heavy atom. The zero-order valence-corrected chi connectivity index (χ0v) is 14.2. The van der Waals surface area contributed by atoms with E-state index in [0.29, 0.717) is 4.47 Å². The van der Waals surface area contributed by atoms with Crippen LogP contribution in [0.5, 0.6) is 5.75 Å². The predicted octanol–water partition coefficient (Wildman–Crippen LogP) is 4.71. The quantitative estimate of drug-likeness (QED) is 0.758. The molecule has 0 saturated heterocycles. The molecule has 0 unspecified atom stereocenters. The van der Waals surface area contributed by atoms with Gasteiger partial charge in [-0.15, -0.1) is 13.2 Å². The maximum absolute atomic E-state index is 12.4. The van der Waals surface area contributed by atoms with Crippen molar-refractivity contribution in [2.75, 3.05) is 7.05 Å². The Balaban J connectivity index is 2.90. The minimum absolute atomic E-state index is 0.0758. The maximum atomic E-state index is 12.4. The summed E-state index contributed by atoms with van der Waals surface area (Å²) in [4.78, 5) is 13.0. The fourth-order valence-electron chi connectivity index (χ4n) is 1.54. The molecule has 1 aromatic rings. The summed E-state index contributed by atoms with van der Waals surface area (Å²) in [7, 11) is 1.44. The van der Waals surface area contributed by atoms with Gasteiger partial charge in [0.15, 0.2) is 0 Å². The van der Waals surface area contributed by atoms with Gasteiger partial charge in [0.05, 0.1) is 6.54 Å². The van der Waals surface area contributed by atoms with E-state index >= 15 is 0 Å². The van der Waals surface area contributed by atoms with Gasteiger partial charge in [0, 0.05) is 17.1 Å². The van der Waals surface area contributed by atoms with Crippen LogP contribution in [0.15, 0.2) is 22.7 Å². The zero-order valence-electron chi connectivity index (χ0n) is 12.6. The molecule has 0 heterocycles. The van der Waals surface area contributed by atoms with Crippen molar-refractivity contribution >= 4 is 22.0 Å². The van der Waals surface area contributed by atoms with Crippen molar-refractivity contribution in [3.05, 3.63) is 28.2 Å². The van der Waals surface area contributed by atoms with Crippen molar-refractivity contribution in [1.82, 2.24) is 4.90 Å². The fraction of sp³-hybridized carbons (Fsp3) is 0.500. The molecule has 0 aromatic heterocycles. The van der Waals surface area contributed by atoms with Gasteiger partial charge in [0.25, 0.3) is 0 Å². The van der Waals surface area contributed by atoms with E-state index in [-0.39, 0.29) is 17.9 Å². The summed E-state index contributed by atoms with van der Waals surface area (Å²) in [5.41, 5.74) is -0.468. The van der Waals surface area contributed by atoms with Crippen molar-refractivity contribution in [2.24, 2.45) is 0 Å². The third kappa shape index (κ3) is 6.55. The summed E-state index contributed by atoms with van der Waals surface area (Å²) in [6, 6.07) is 4.22. The van der Waals surface area contributed by atoms with E-state index in [1.165, 1.54) is 24.1 Å². The van der Waals surface area contributed by atoms with Crippen LogP contribution in [0.25, 0.3) is 0 Å². The normalized spacial score (nSPS) is 12.0. The number of alkyl halides is 3. The lowest BCUT2D eigenvalue weighted by atomic mass is 10.2. The predicted molar refractivity (Wildman–Crippen MR) is 78.5 cm³/mol.